The zero-order chi connectivity index (χ0) is 12.4. The summed E-state index contributed by atoms with van der Waals surface area (Å²) in [6.07, 6.45) is 0.429. The van der Waals surface area contributed by atoms with Crippen molar-refractivity contribution < 1.29 is 14.3 Å². The highest BCUT2D eigenvalue weighted by Gasteiger charge is 2.27. The molecule has 0 aliphatic carbocycles. The molecule has 0 bridgehead atoms. The predicted octanol–water partition coefficient (Wildman–Crippen LogP) is 1.92. The fraction of sp³-hybridized carbons (Fsp3) is 0.333. The normalized spacial score (nSPS) is 18.2. The zero-order valence-corrected chi connectivity index (χ0v) is 10.9. The summed E-state index contributed by atoms with van der Waals surface area (Å²) in [4.78, 5) is 23.0. The van der Waals surface area contributed by atoms with Gasteiger partial charge in [-0.15, -0.1) is 0 Å². The van der Waals surface area contributed by atoms with Crippen molar-refractivity contribution in [1.82, 2.24) is 0 Å². The minimum atomic E-state index is -0.482. The van der Waals surface area contributed by atoms with Crippen LogP contribution in [0.4, 0.5) is 5.69 Å². The van der Waals surface area contributed by atoms with Crippen LogP contribution in [0.5, 0.6) is 0 Å². The van der Waals surface area contributed by atoms with Crippen molar-refractivity contribution in [3.63, 3.8) is 0 Å². The van der Waals surface area contributed by atoms with Crippen LogP contribution < -0.4 is 5.32 Å². The van der Waals surface area contributed by atoms with Crippen molar-refractivity contribution in [2.75, 3.05) is 12.4 Å². The lowest BCUT2D eigenvalue weighted by molar-refractivity contribution is -0.142. The number of esters is 1. The lowest BCUT2D eigenvalue weighted by Crippen LogP contribution is -2.37. The van der Waals surface area contributed by atoms with Crippen molar-refractivity contribution >= 4 is 33.4 Å². The summed E-state index contributed by atoms with van der Waals surface area (Å²) in [5.74, 6) is -0.362. The van der Waals surface area contributed by atoms with Gasteiger partial charge in [0.25, 0.3) is 0 Å². The number of rotatable bonds is 2. The molecular weight excluding hydrogens is 286 g/mol. The molecule has 1 atom stereocenters. The van der Waals surface area contributed by atoms with Crippen molar-refractivity contribution in [1.29, 1.82) is 0 Å². The van der Waals surface area contributed by atoms with Gasteiger partial charge in [-0.2, -0.15) is 0 Å². The Bertz CT molecular complexity index is 473. The number of hydrogen-bond donors (Lipinski definition) is 1. The number of fused-ring (bicyclic) bond motifs is 1. The van der Waals surface area contributed by atoms with E-state index in [-0.39, 0.29) is 18.2 Å². The summed E-state index contributed by atoms with van der Waals surface area (Å²) in [7, 11) is 1.32. The van der Waals surface area contributed by atoms with E-state index in [2.05, 4.69) is 26.0 Å². The maximum absolute atomic E-state index is 11.8. The molecule has 1 aliphatic rings. The molecule has 0 saturated carbocycles. The molecule has 1 heterocycles. The van der Waals surface area contributed by atoms with Gasteiger partial charge in [0.1, 0.15) is 0 Å². The maximum Gasteiger partial charge on any atom is 0.308 e. The standard InChI is InChI=1S/C12H12BrNO3/c1-17-12(16)6-10-11(15)4-7-2-3-8(13)5-9(7)14-10/h2-3,5,10,14H,4,6H2,1H3/t10-/m0/s1. The second kappa shape index (κ2) is 4.87. The van der Waals surface area contributed by atoms with E-state index in [4.69, 9.17) is 0 Å². The first-order valence-electron chi connectivity index (χ1n) is 5.24. The van der Waals surface area contributed by atoms with Crippen LogP contribution in [0.15, 0.2) is 22.7 Å². The highest BCUT2D eigenvalue weighted by molar-refractivity contribution is 9.10. The van der Waals surface area contributed by atoms with Gasteiger partial charge in [0, 0.05) is 16.6 Å². The minimum Gasteiger partial charge on any atom is -0.469 e. The number of ether oxygens (including phenoxy) is 1. The first-order valence-corrected chi connectivity index (χ1v) is 6.04. The quantitative estimate of drug-likeness (QED) is 0.848. The summed E-state index contributed by atoms with van der Waals surface area (Å²) in [6.45, 7) is 0. The Morgan fingerprint density at radius 1 is 1.59 bits per heavy atom. The van der Waals surface area contributed by atoms with Gasteiger partial charge in [-0.05, 0) is 17.7 Å². The van der Waals surface area contributed by atoms with Crippen LogP contribution in [0.25, 0.3) is 0 Å². The van der Waals surface area contributed by atoms with Crippen molar-refractivity contribution in [2.45, 2.75) is 18.9 Å². The Kier molecular flexibility index (Phi) is 3.47. The maximum atomic E-state index is 11.8. The lowest BCUT2D eigenvalue weighted by Gasteiger charge is -2.25. The van der Waals surface area contributed by atoms with Crippen LogP contribution in [0, 0.1) is 0 Å². The number of benzene rings is 1. The Balaban J connectivity index is 2.19. The molecule has 0 aromatic heterocycles. The van der Waals surface area contributed by atoms with Crippen LogP contribution in [0.1, 0.15) is 12.0 Å². The summed E-state index contributed by atoms with van der Waals surface area (Å²) < 4.78 is 5.51. The molecule has 4 nitrogen and oxygen atoms in total. The third-order valence-electron chi connectivity index (χ3n) is 2.75. The topological polar surface area (TPSA) is 55.4 Å². The Labute approximate surface area is 107 Å². The molecule has 1 aromatic carbocycles. The molecule has 0 fully saturated rings. The largest absolute Gasteiger partial charge is 0.469 e. The zero-order valence-electron chi connectivity index (χ0n) is 9.33. The molecule has 1 N–H and O–H groups in total. The molecule has 1 aliphatic heterocycles. The molecule has 2 rings (SSSR count). The van der Waals surface area contributed by atoms with Gasteiger partial charge in [0.15, 0.2) is 5.78 Å². The van der Waals surface area contributed by atoms with Crippen molar-refractivity contribution in [3.05, 3.63) is 28.2 Å². The van der Waals surface area contributed by atoms with E-state index in [0.717, 1.165) is 15.7 Å². The number of nitrogens with one attached hydrogen (secondary N) is 1. The third-order valence-corrected chi connectivity index (χ3v) is 3.25. The number of halogens is 1. The molecule has 0 spiro atoms. The molecule has 90 valence electrons. The fourth-order valence-electron chi connectivity index (χ4n) is 1.83. The van der Waals surface area contributed by atoms with Crippen LogP contribution in [0.3, 0.4) is 0 Å². The Hall–Kier alpha value is -1.36. The number of carbonyl (C=O) groups is 2. The summed E-state index contributed by atoms with van der Waals surface area (Å²) >= 11 is 3.37. The average Bonchev–Trinajstić information content (AvgIpc) is 2.30. The molecule has 0 saturated heterocycles. The molecule has 5 heteroatoms. The molecule has 1 aromatic rings. The molecule has 17 heavy (non-hydrogen) atoms. The first-order chi connectivity index (χ1) is 8.10. The second-order valence-electron chi connectivity index (χ2n) is 3.92. The van der Waals surface area contributed by atoms with E-state index in [0.29, 0.717) is 6.42 Å². The molecule has 0 unspecified atom stereocenters. The molecule has 0 radical (unpaired) electrons. The summed E-state index contributed by atoms with van der Waals surface area (Å²) in [5.41, 5.74) is 1.85. The third kappa shape index (κ3) is 2.66. The lowest BCUT2D eigenvalue weighted by atomic mass is 9.95. The van der Waals surface area contributed by atoms with E-state index < -0.39 is 6.04 Å². The number of hydrogen-bond acceptors (Lipinski definition) is 4. The second-order valence-corrected chi connectivity index (χ2v) is 4.84. The SMILES string of the molecule is COC(=O)C[C@@H]1Nc2cc(Br)ccc2CC1=O. The predicted molar refractivity (Wildman–Crippen MR) is 66.9 cm³/mol. The van der Waals surface area contributed by atoms with E-state index >= 15 is 0 Å². The highest BCUT2D eigenvalue weighted by Crippen LogP contribution is 2.27. The van der Waals surface area contributed by atoms with E-state index in [1.165, 1.54) is 7.11 Å². The smallest absolute Gasteiger partial charge is 0.308 e. The van der Waals surface area contributed by atoms with Crippen LogP contribution >= 0.6 is 15.9 Å². The number of carbonyl (C=O) groups excluding carboxylic acids is 2. The van der Waals surface area contributed by atoms with E-state index in [1.54, 1.807) is 0 Å². The van der Waals surface area contributed by atoms with E-state index in [9.17, 15) is 9.59 Å². The van der Waals surface area contributed by atoms with Crippen LogP contribution in [-0.4, -0.2) is 24.9 Å². The van der Waals surface area contributed by atoms with Gasteiger partial charge in [-0.1, -0.05) is 22.0 Å². The monoisotopic (exact) mass is 297 g/mol. The Morgan fingerprint density at radius 2 is 2.35 bits per heavy atom. The minimum absolute atomic E-state index is 0.0187. The number of ketones is 1. The van der Waals surface area contributed by atoms with Gasteiger partial charge in [0.2, 0.25) is 0 Å². The van der Waals surface area contributed by atoms with Crippen molar-refractivity contribution in [2.24, 2.45) is 0 Å². The van der Waals surface area contributed by atoms with Gasteiger partial charge in [-0.3, -0.25) is 9.59 Å². The van der Waals surface area contributed by atoms with Gasteiger partial charge < -0.3 is 10.1 Å². The average molecular weight is 298 g/mol. The number of methoxy groups -OCH3 is 1. The first kappa shape index (κ1) is 12.1. The fourth-order valence-corrected chi connectivity index (χ4v) is 2.19. The van der Waals surface area contributed by atoms with Gasteiger partial charge in [0.05, 0.1) is 19.6 Å². The summed E-state index contributed by atoms with van der Waals surface area (Å²) in [5, 5.41) is 3.07. The van der Waals surface area contributed by atoms with Crippen molar-refractivity contribution in [3.8, 4) is 0 Å². The Morgan fingerprint density at radius 3 is 3.06 bits per heavy atom. The molecular formula is C12H12BrNO3. The number of anilines is 1. The highest BCUT2D eigenvalue weighted by atomic mass is 79.9. The van der Waals surface area contributed by atoms with Gasteiger partial charge >= 0.3 is 5.97 Å². The molecule has 0 amide bonds. The van der Waals surface area contributed by atoms with Crippen LogP contribution in [-0.2, 0) is 20.7 Å². The number of Topliss-reactive ketones (excluding diaryl/α,β-unsaturated/α-hetero) is 1. The summed E-state index contributed by atoms with van der Waals surface area (Å²) in [6, 6.07) is 5.23. The van der Waals surface area contributed by atoms with Gasteiger partial charge in [-0.25, -0.2) is 0 Å². The van der Waals surface area contributed by atoms with Crippen LogP contribution in [0.2, 0.25) is 0 Å². The van der Waals surface area contributed by atoms with E-state index in [1.807, 2.05) is 18.2 Å².